The molecule has 5 rings (SSSR count). The van der Waals surface area contributed by atoms with Gasteiger partial charge in [0, 0.05) is 23.9 Å². The minimum Gasteiger partial charge on any atom is -0.478 e. The lowest BCUT2D eigenvalue weighted by atomic mass is 9.99. The Labute approximate surface area is 200 Å². The number of aromatic nitrogens is 3. The molecule has 1 atom stereocenters. The number of anilines is 1. The molecule has 0 saturated carbocycles. The summed E-state index contributed by atoms with van der Waals surface area (Å²) in [7, 11) is 1.83. The summed E-state index contributed by atoms with van der Waals surface area (Å²) in [5, 5.41) is 17.7. The average molecular weight is 469 g/mol. The van der Waals surface area contributed by atoms with E-state index in [0.29, 0.717) is 39.2 Å². The van der Waals surface area contributed by atoms with Gasteiger partial charge < -0.3 is 14.8 Å². The first-order valence-electron chi connectivity index (χ1n) is 11.2. The van der Waals surface area contributed by atoms with Crippen LogP contribution < -0.4 is 10.7 Å². The van der Waals surface area contributed by atoms with Gasteiger partial charge in [-0.15, -0.1) is 0 Å². The van der Waals surface area contributed by atoms with Gasteiger partial charge in [0.05, 0.1) is 23.2 Å². The first kappa shape index (κ1) is 22.3. The van der Waals surface area contributed by atoms with Crippen molar-refractivity contribution in [1.29, 1.82) is 0 Å². The summed E-state index contributed by atoms with van der Waals surface area (Å²) < 4.78 is 8.08. The zero-order valence-corrected chi connectivity index (χ0v) is 19.8. The van der Waals surface area contributed by atoms with Crippen LogP contribution >= 0.6 is 0 Å². The quantitative estimate of drug-likeness (QED) is 0.363. The molecule has 0 aliphatic rings. The van der Waals surface area contributed by atoms with E-state index in [1.165, 1.54) is 0 Å². The van der Waals surface area contributed by atoms with Crippen LogP contribution in [0.15, 0.2) is 63.9 Å². The van der Waals surface area contributed by atoms with Crippen molar-refractivity contribution in [3.63, 3.8) is 0 Å². The van der Waals surface area contributed by atoms with E-state index in [1.54, 1.807) is 41.9 Å². The monoisotopic (exact) mass is 468 g/mol. The number of hydrogen-bond acceptors (Lipinski definition) is 6. The number of carboxylic acids is 1. The van der Waals surface area contributed by atoms with Crippen LogP contribution in [-0.4, -0.2) is 25.8 Å². The number of benzene rings is 2. The molecule has 0 bridgehead atoms. The summed E-state index contributed by atoms with van der Waals surface area (Å²) in [6.07, 6.45) is 1.81. The minimum absolute atomic E-state index is 0.127. The Morgan fingerprint density at radius 3 is 2.66 bits per heavy atom. The third kappa shape index (κ3) is 3.93. The summed E-state index contributed by atoms with van der Waals surface area (Å²) in [5.41, 5.74) is 5.11. The lowest BCUT2D eigenvalue weighted by Gasteiger charge is -2.19. The van der Waals surface area contributed by atoms with Crippen molar-refractivity contribution in [1.82, 2.24) is 14.8 Å². The standard InChI is InChI=1S/C27H24N4O4/c1-14-11-18(16(3)28-20-8-6-5-7-17(20)27(33)34)26-19(12-14)24(32)15(2)25(35-26)22-10-9-21-23(29-22)13-31(4)30-21/h5-13,16,28H,1-4H3,(H,33,34)/t16-/m1/s1. The number of carboxylic acid groups (broad SMARTS) is 1. The largest absolute Gasteiger partial charge is 0.478 e. The highest BCUT2D eigenvalue weighted by Gasteiger charge is 2.21. The molecule has 0 saturated heterocycles. The molecule has 35 heavy (non-hydrogen) atoms. The van der Waals surface area contributed by atoms with Crippen LogP contribution in [0.4, 0.5) is 5.69 Å². The minimum atomic E-state index is -1.02. The van der Waals surface area contributed by atoms with E-state index < -0.39 is 5.97 Å². The fourth-order valence-corrected chi connectivity index (χ4v) is 4.39. The highest BCUT2D eigenvalue weighted by molar-refractivity contribution is 5.94. The molecule has 0 aliphatic carbocycles. The maximum Gasteiger partial charge on any atom is 0.337 e. The number of para-hydroxylation sites is 1. The van der Waals surface area contributed by atoms with Gasteiger partial charge >= 0.3 is 5.97 Å². The summed E-state index contributed by atoms with van der Waals surface area (Å²) in [6, 6.07) is 13.8. The Balaban J connectivity index is 1.68. The van der Waals surface area contributed by atoms with Crippen LogP contribution in [-0.2, 0) is 7.05 Å². The van der Waals surface area contributed by atoms with E-state index >= 15 is 0 Å². The van der Waals surface area contributed by atoms with Gasteiger partial charge in [0.1, 0.15) is 22.3 Å². The van der Waals surface area contributed by atoms with Crippen molar-refractivity contribution < 1.29 is 14.3 Å². The molecule has 8 nitrogen and oxygen atoms in total. The molecule has 0 radical (unpaired) electrons. The first-order valence-corrected chi connectivity index (χ1v) is 11.2. The molecule has 3 heterocycles. The lowest BCUT2D eigenvalue weighted by molar-refractivity contribution is 0.0698. The third-order valence-corrected chi connectivity index (χ3v) is 6.10. The van der Waals surface area contributed by atoms with Crippen molar-refractivity contribution in [3.8, 4) is 11.5 Å². The van der Waals surface area contributed by atoms with Crippen molar-refractivity contribution in [2.75, 3.05) is 5.32 Å². The van der Waals surface area contributed by atoms with Gasteiger partial charge in [-0.05, 0) is 56.7 Å². The number of fused-ring (bicyclic) bond motifs is 2. The summed E-state index contributed by atoms with van der Waals surface area (Å²) >= 11 is 0. The second-order valence-electron chi connectivity index (χ2n) is 8.74. The second kappa shape index (κ2) is 8.39. The highest BCUT2D eigenvalue weighted by atomic mass is 16.4. The van der Waals surface area contributed by atoms with E-state index in [-0.39, 0.29) is 17.0 Å². The number of nitrogens with zero attached hydrogens (tertiary/aromatic N) is 3. The van der Waals surface area contributed by atoms with Crippen LogP contribution in [0.5, 0.6) is 0 Å². The number of aryl methyl sites for hydroxylation is 2. The molecule has 8 heteroatoms. The number of aromatic carboxylic acids is 1. The van der Waals surface area contributed by atoms with Gasteiger partial charge in [-0.2, -0.15) is 5.10 Å². The Morgan fingerprint density at radius 1 is 1.11 bits per heavy atom. The topological polar surface area (TPSA) is 110 Å². The maximum absolute atomic E-state index is 13.4. The maximum atomic E-state index is 13.4. The van der Waals surface area contributed by atoms with Crippen LogP contribution in [0, 0.1) is 13.8 Å². The van der Waals surface area contributed by atoms with Gasteiger partial charge in [-0.3, -0.25) is 9.48 Å². The zero-order chi connectivity index (χ0) is 24.9. The van der Waals surface area contributed by atoms with Crippen LogP contribution in [0.1, 0.15) is 40.0 Å². The van der Waals surface area contributed by atoms with E-state index in [4.69, 9.17) is 4.42 Å². The van der Waals surface area contributed by atoms with E-state index in [1.807, 2.05) is 45.3 Å². The lowest BCUT2D eigenvalue weighted by Crippen LogP contribution is -2.14. The Morgan fingerprint density at radius 2 is 1.89 bits per heavy atom. The van der Waals surface area contributed by atoms with Crippen molar-refractivity contribution in [2.24, 2.45) is 7.05 Å². The molecule has 2 aromatic carbocycles. The summed E-state index contributed by atoms with van der Waals surface area (Å²) in [4.78, 5) is 29.8. The number of rotatable bonds is 5. The first-order chi connectivity index (χ1) is 16.7. The number of nitrogens with one attached hydrogen (secondary N) is 1. The molecular formula is C27H24N4O4. The SMILES string of the molecule is Cc1cc([C@@H](C)Nc2ccccc2C(=O)O)c2oc(-c3ccc4nn(C)cc4n3)c(C)c(=O)c2c1. The van der Waals surface area contributed by atoms with Gasteiger partial charge in [0.15, 0.2) is 11.2 Å². The average Bonchev–Trinajstić information content (AvgIpc) is 3.20. The van der Waals surface area contributed by atoms with Crippen molar-refractivity contribution in [2.45, 2.75) is 26.8 Å². The molecular weight excluding hydrogens is 444 g/mol. The van der Waals surface area contributed by atoms with Gasteiger partial charge in [-0.1, -0.05) is 18.2 Å². The number of hydrogen-bond donors (Lipinski definition) is 2. The van der Waals surface area contributed by atoms with Crippen molar-refractivity contribution in [3.05, 3.63) is 87.2 Å². The van der Waals surface area contributed by atoms with Gasteiger partial charge in [0.25, 0.3) is 0 Å². The van der Waals surface area contributed by atoms with Gasteiger partial charge in [0.2, 0.25) is 0 Å². The summed E-state index contributed by atoms with van der Waals surface area (Å²) in [5.74, 6) is -0.618. The molecule has 0 unspecified atom stereocenters. The Hall–Kier alpha value is -4.46. The zero-order valence-electron chi connectivity index (χ0n) is 19.8. The summed E-state index contributed by atoms with van der Waals surface area (Å²) in [6.45, 7) is 5.57. The second-order valence-corrected chi connectivity index (χ2v) is 8.74. The fourth-order valence-electron chi connectivity index (χ4n) is 4.39. The van der Waals surface area contributed by atoms with Crippen LogP contribution in [0.3, 0.4) is 0 Å². The van der Waals surface area contributed by atoms with Crippen LogP contribution in [0.2, 0.25) is 0 Å². The predicted molar refractivity (Wildman–Crippen MR) is 135 cm³/mol. The molecule has 0 spiro atoms. The van der Waals surface area contributed by atoms with E-state index in [2.05, 4.69) is 15.4 Å². The molecule has 176 valence electrons. The molecule has 3 aromatic heterocycles. The van der Waals surface area contributed by atoms with Crippen LogP contribution in [0.25, 0.3) is 33.5 Å². The fraction of sp³-hybridized carbons (Fsp3) is 0.185. The molecule has 0 amide bonds. The Bertz CT molecular complexity index is 1680. The molecule has 2 N–H and O–H groups in total. The highest BCUT2D eigenvalue weighted by Crippen LogP contribution is 2.32. The smallest absolute Gasteiger partial charge is 0.337 e. The molecule has 5 aromatic rings. The van der Waals surface area contributed by atoms with Crippen molar-refractivity contribution >= 4 is 33.7 Å². The number of carbonyl (C=O) groups is 1. The Kier molecular flexibility index (Phi) is 5.36. The molecule has 0 fully saturated rings. The van der Waals surface area contributed by atoms with E-state index in [0.717, 1.165) is 16.6 Å². The number of pyridine rings is 1. The van der Waals surface area contributed by atoms with Gasteiger partial charge in [-0.25, -0.2) is 9.78 Å². The normalized spacial score (nSPS) is 12.2. The third-order valence-electron chi connectivity index (χ3n) is 6.10. The van der Waals surface area contributed by atoms with E-state index in [9.17, 15) is 14.7 Å². The predicted octanol–water partition coefficient (Wildman–Crippen LogP) is 5.23. The molecule has 0 aliphatic heterocycles.